The molecule has 0 bridgehead atoms. The summed E-state index contributed by atoms with van der Waals surface area (Å²) in [5, 5.41) is 3.42. The van der Waals surface area contributed by atoms with Crippen LogP contribution in [-0.2, 0) is 13.6 Å². The third kappa shape index (κ3) is 6.76. The summed E-state index contributed by atoms with van der Waals surface area (Å²) >= 11 is 3.69. The van der Waals surface area contributed by atoms with Crippen LogP contribution in [0.2, 0.25) is 36.3 Å². The lowest BCUT2D eigenvalue weighted by Crippen LogP contribution is -2.65. The fourth-order valence-corrected chi connectivity index (χ4v) is 6.12. The Balaban J connectivity index is 2.78. The largest absolute Gasteiger partial charge is 0.413 e. The van der Waals surface area contributed by atoms with Crippen molar-refractivity contribution in [1.29, 1.82) is 0 Å². The van der Waals surface area contributed by atoms with Crippen molar-refractivity contribution in [3.63, 3.8) is 0 Å². The number of hydrogen-bond acceptors (Lipinski definition) is 3. The first-order chi connectivity index (χ1) is 12.8. The van der Waals surface area contributed by atoms with E-state index >= 15 is 0 Å². The van der Waals surface area contributed by atoms with E-state index in [9.17, 15) is 4.79 Å². The van der Waals surface area contributed by atoms with Crippen molar-refractivity contribution >= 4 is 38.5 Å². The van der Waals surface area contributed by atoms with E-state index in [4.69, 9.17) is 8.85 Å². The van der Waals surface area contributed by atoms with E-state index in [-0.39, 0.29) is 40.0 Å². The average molecular weight is 507 g/mol. The van der Waals surface area contributed by atoms with Crippen molar-refractivity contribution in [3.8, 4) is 0 Å². The minimum atomic E-state index is -1.91. The van der Waals surface area contributed by atoms with Gasteiger partial charge in [0.25, 0.3) is 0 Å². The van der Waals surface area contributed by atoms with Gasteiger partial charge < -0.3 is 14.2 Å². The Bertz CT molecular complexity index is 621. The summed E-state index contributed by atoms with van der Waals surface area (Å²) in [6, 6.07) is 0.0997. The zero-order valence-corrected chi connectivity index (χ0v) is 24.3. The van der Waals surface area contributed by atoms with Gasteiger partial charge in [-0.1, -0.05) is 70.5 Å². The number of hydrogen-bond donors (Lipinski definition) is 1. The van der Waals surface area contributed by atoms with Gasteiger partial charge in [-0.25, -0.2) is 0 Å². The summed E-state index contributed by atoms with van der Waals surface area (Å²) in [6.45, 7) is 27.2. The fraction of sp³-hybridized carbons (Fsp3) is 0.864. The third-order valence-corrected chi connectivity index (χ3v) is 16.7. The normalized spacial score (nSPS) is 24.0. The molecule has 7 heteroatoms. The van der Waals surface area contributed by atoms with Crippen molar-refractivity contribution < 1.29 is 13.6 Å². The molecule has 0 aromatic rings. The summed E-state index contributed by atoms with van der Waals surface area (Å²) < 4.78 is 13.9. The molecule has 1 amide bonds. The van der Waals surface area contributed by atoms with Gasteiger partial charge in [0.1, 0.15) is 0 Å². The van der Waals surface area contributed by atoms with E-state index in [1.165, 1.54) is 0 Å². The highest BCUT2D eigenvalue weighted by atomic mass is 79.9. The molecule has 1 unspecified atom stereocenters. The summed E-state index contributed by atoms with van der Waals surface area (Å²) in [5.41, 5.74) is 0. The van der Waals surface area contributed by atoms with E-state index in [2.05, 4.69) is 109 Å². The molecule has 1 aliphatic rings. The lowest BCUT2D eigenvalue weighted by Gasteiger charge is -2.47. The van der Waals surface area contributed by atoms with E-state index in [1.54, 1.807) is 0 Å². The Morgan fingerprint density at radius 1 is 1.07 bits per heavy atom. The number of β-lactam (4-membered cyclic amide) rings is 1. The van der Waals surface area contributed by atoms with E-state index in [0.29, 0.717) is 6.61 Å². The highest BCUT2D eigenvalue weighted by Gasteiger charge is 2.48. The van der Waals surface area contributed by atoms with Crippen molar-refractivity contribution in [3.05, 3.63) is 10.6 Å². The number of halogens is 1. The van der Waals surface area contributed by atoms with Crippen LogP contribution >= 0.6 is 15.9 Å². The monoisotopic (exact) mass is 505 g/mol. The minimum Gasteiger partial charge on any atom is -0.413 e. The molecule has 0 radical (unpaired) electrons. The van der Waals surface area contributed by atoms with Gasteiger partial charge in [-0.3, -0.25) is 4.79 Å². The lowest BCUT2D eigenvalue weighted by molar-refractivity contribution is -0.141. The Morgan fingerprint density at radius 2 is 1.55 bits per heavy atom. The molecule has 1 heterocycles. The van der Waals surface area contributed by atoms with Crippen LogP contribution in [-0.4, -0.2) is 41.3 Å². The SMILES string of the molecule is CC(/C=C(\Br)CO[Si](C)(C)C(C)(C)C)[C@@H]1NC(=O)[C@@H]1[C@@H](C)O[Si](C)(C)C(C)(C)C. The predicted molar refractivity (Wildman–Crippen MR) is 132 cm³/mol. The molecule has 0 aliphatic carbocycles. The summed E-state index contributed by atoms with van der Waals surface area (Å²) in [7, 11) is -3.69. The summed E-state index contributed by atoms with van der Waals surface area (Å²) in [4.78, 5) is 12.3. The molecular formula is C22H44BrNO3Si2. The quantitative estimate of drug-likeness (QED) is 0.304. The van der Waals surface area contributed by atoms with Crippen LogP contribution in [0.4, 0.5) is 0 Å². The zero-order chi connectivity index (χ0) is 23.0. The average Bonchev–Trinajstić information content (AvgIpc) is 2.47. The van der Waals surface area contributed by atoms with Crippen molar-refractivity contribution in [2.75, 3.05) is 6.61 Å². The number of nitrogens with one attached hydrogen (secondary N) is 1. The van der Waals surface area contributed by atoms with Gasteiger partial charge in [0.05, 0.1) is 18.6 Å². The van der Waals surface area contributed by atoms with Crippen LogP contribution in [0.5, 0.6) is 0 Å². The third-order valence-electron chi connectivity index (χ3n) is 7.18. The molecule has 1 fully saturated rings. The molecule has 0 aromatic heterocycles. The first-order valence-electron chi connectivity index (χ1n) is 10.8. The number of carbonyl (C=O) groups excluding carboxylic acids is 1. The van der Waals surface area contributed by atoms with Gasteiger partial charge in [-0.2, -0.15) is 0 Å². The highest BCUT2D eigenvalue weighted by Crippen LogP contribution is 2.40. The molecule has 1 saturated heterocycles. The van der Waals surface area contributed by atoms with Gasteiger partial charge in [-0.05, 0) is 49.1 Å². The second-order valence-electron chi connectivity index (χ2n) is 11.7. The number of carbonyl (C=O) groups is 1. The Labute approximate surface area is 190 Å². The maximum Gasteiger partial charge on any atom is 0.228 e. The first-order valence-corrected chi connectivity index (χ1v) is 17.4. The molecule has 4 atom stereocenters. The lowest BCUT2D eigenvalue weighted by atomic mass is 9.79. The number of rotatable bonds is 8. The molecule has 1 rings (SSSR count). The molecule has 0 saturated carbocycles. The summed E-state index contributed by atoms with van der Waals surface area (Å²) in [5.74, 6) is 0.215. The Kier molecular flexibility index (Phi) is 8.65. The van der Waals surface area contributed by atoms with Crippen LogP contribution in [0.3, 0.4) is 0 Å². The molecule has 1 aliphatic heterocycles. The maximum atomic E-state index is 12.3. The van der Waals surface area contributed by atoms with Crippen LogP contribution < -0.4 is 5.32 Å². The zero-order valence-electron chi connectivity index (χ0n) is 20.7. The molecular weight excluding hydrogens is 462 g/mol. The minimum absolute atomic E-state index is 0.0762. The van der Waals surface area contributed by atoms with Crippen LogP contribution in [0.1, 0.15) is 55.4 Å². The topological polar surface area (TPSA) is 47.6 Å². The van der Waals surface area contributed by atoms with E-state index < -0.39 is 16.6 Å². The molecule has 4 nitrogen and oxygen atoms in total. The van der Waals surface area contributed by atoms with Gasteiger partial charge in [0, 0.05) is 10.5 Å². The number of amides is 1. The van der Waals surface area contributed by atoms with E-state index in [0.717, 1.165) is 4.48 Å². The van der Waals surface area contributed by atoms with Crippen molar-refractivity contribution in [1.82, 2.24) is 5.32 Å². The summed E-state index contributed by atoms with van der Waals surface area (Å²) in [6.07, 6.45) is 2.11. The Morgan fingerprint density at radius 3 is 1.97 bits per heavy atom. The van der Waals surface area contributed by atoms with Crippen LogP contribution in [0.25, 0.3) is 0 Å². The van der Waals surface area contributed by atoms with E-state index in [1.807, 2.05) is 0 Å². The van der Waals surface area contributed by atoms with Gasteiger partial charge >= 0.3 is 0 Å². The molecule has 0 aromatic carbocycles. The standard InChI is InChI=1S/C22H44BrNO3Si2/c1-15(13-17(23)14-26-28(9,10)21(3,4)5)19-18(20(25)24-19)16(2)27-29(11,12)22(6,7)8/h13,15-16,18-19H,14H2,1-12H3,(H,24,25)/b17-13-/t15?,16-,18-,19+/m1/s1. The van der Waals surface area contributed by atoms with Crippen molar-refractivity contribution in [2.24, 2.45) is 11.8 Å². The Hall–Kier alpha value is 0.0438. The first kappa shape index (κ1) is 27.1. The molecule has 170 valence electrons. The van der Waals surface area contributed by atoms with Crippen molar-refractivity contribution in [2.45, 2.75) is 104 Å². The predicted octanol–water partition coefficient (Wildman–Crippen LogP) is 6.45. The highest BCUT2D eigenvalue weighted by molar-refractivity contribution is 9.11. The second-order valence-corrected chi connectivity index (χ2v) is 22.2. The second kappa shape index (κ2) is 9.27. The maximum absolute atomic E-state index is 12.3. The fourth-order valence-electron chi connectivity index (χ4n) is 3.00. The van der Waals surface area contributed by atoms with Gasteiger partial charge in [0.2, 0.25) is 5.91 Å². The molecule has 1 N–H and O–H groups in total. The smallest absolute Gasteiger partial charge is 0.228 e. The van der Waals surface area contributed by atoms with Crippen LogP contribution in [0, 0.1) is 11.8 Å². The molecule has 0 spiro atoms. The van der Waals surface area contributed by atoms with Crippen LogP contribution in [0.15, 0.2) is 10.6 Å². The van der Waals surface area contributed by atoms with Gasteiger partial charge in [0.15, 0.2) is 16.6 Å². The van der Waals surface area contributed by atoms with Gasteiger partial charge in [-0.15, -0.1) is 0 Å². The molecule has 29 heavy (non-hydrogen) atoms.